The number of rotatable bonds is 5. The normalized spacial score (nSPS) is 27.5. The van der Waals surface area contributed by atoms with Crippen LogP contribution >= 0.6 is 0 Å². The summed E-state index contributed by atoms with van der Waals surface area (Å²) in [4.78, 5) is 24.1. The van der Waals surface area contributed by atoms with E-state index in [0.717, 1.165) is 0 Å². The topological polar surface area (TPSA) is 66.4 Å². The molecule has 4 nitrogen and oxygen atoms in total. The van der Waals surface area contributed by atoms with Crippen molar-refractivity contribution in [1.29, 1.82) is 0 Å². The summed E-state index contributed by atoms with van der Waals surface area (Å²) in [5.74, 6) is -3.21. The van der Waals surface area contributed by atoms with Gasteiger partial charge in [-0.1, -0.05) is 30.4 Å². The summed E-state index contributed by atoms with van der Waals surface area (Å²) in [5.41, 5.74) is 0.700. The number of carbonyl (C=O) groups is 2. The smallest absolute Gasteiger partial charge is 0.389 e. The number of aliphatic carboxylic acids is 1. The molecule has 0 aliphatic heterocycles. The number of para-hydroxylation sites is 1. The van der Waals surface area contributed by atoms with Crippen LogP contribution in [-0.4, -0.2) is 23.2 Å². The predicted octanol–water partition coefficient (Wildman–Crippen LogP) is 3.64. The number of fused-ring (bicyclic) bond motifs is 2. The third-order valence-electron chi connectivity index (χ3n) is 5.00. The van der Waals surface area contributed by atoms with E-state index in [1.165, 1.54) is 6.07 Å². The van der Waals surface area contributed by atoms with Crippen LogP contribution in [0, 0.1) is 23.7 Å². The minimum Gasteiger partial charge on any atom is -0.481 e. The van der Waals surface area contributed by atoms with Crippen LogP contribution in [0.3, 0.4) is 0 Å². The Morgan fingerprint density at radius 2 is 1.76 bits per heavy atom. The van der Waals surface area contributed by atoms with Crippen LogP contribution in [0.5, 0.6) is 0 Å². The molecule has 2 aliphatic carbocycles. The number of hydrogen-bond donors (Lipinski definition) is 2. The van der Waals surface area contributed by atoms with Crippen molar-refractivity contribution in [3.8, 4) is 0 Å². The van der Waals surface area contributed by atoms with Gasteiger partial charge in [0.1, 0.15) is 0 Å². The van der Waals surface area contributed by atoms with E-state index in [9.17, 15) is 27.9 Å². The van der Waals surface area contributed by atoms with E-state index >= 15 is 0 Å². The molecular weight excluding hydrogens is 335 g/mol. The van der Waals surface area contributed by atoms with Crippen molar-refractivity contribution >= 4 is 17.6 Å². The van der Waals surface area contributed by atoms with Gasteiger partial charge < -0.3 is 10.4 Å². The molecule has 4 atom stereocenters. The van der Waals surface area contributed by atoms with Gasteiger partial charge in [-0.2, -0.15) is 13.2 Å². The lowest BCUT2D eigenvalue weighted by Crippen LogP contribution is -2.36. The molecular formula is C18H18F3NO3. The van der Waals surface area contributed by atoms with Crippen LogP contribution in [0.4, 0.5) is 18.9 Å². The van der Waals surface area contributed by atoms with Crippen molar-refractivity contribution in [3.63, 3.8) is 0 Å². The molecule has 1 fully saturated rings. The van der Waals surface area contributed by atoms with E-state index in [0.29, 0.717) is 17.7 Å². The Hall–Kier alpha value is -2.31. The average molecular weight is 353 g/mol. The second-order valence-corrected chi connectivity index (χ2v) is 6.60. The largest absolute Gasteiger partial charge is 0.481 e. The van der Waals surface area contributed by atoms with Gasteiger partial charge in [0.2, 0.25) is 5.91 Å². The molecule has 1 aromatic carbocycles. The fraction of sp³-hybridized carbons (Fsp3) is 0.444. The summed E-state index contributed by atoms with van der Waals surface area (Å²) in [6, 6.07) is 6.32. The Morgan fingerprint density at radius 3 is 2.40 bits per heavy atom. The Kier molecular flexibility index (Phi) is 4.58. The van der Waals surface area contributed by atoms with E-state index < -0.39 is 36.3 Å². The lowest BCUT2D eigenvalue weighted by Gasteiger charge is -2.24. The van der Waals surface area contributed by atoms with Crippen LogP contribution in [0.1, 0.15) is 18.4 Å². The standard InChI is InChI=1S/C18H18F3NO3/c19-18(20,21)8-7-10-3-1-2-4-13(10)22-16(23)14-11-5-6-12(9-11)15(14)17(24)25/h1-6,11-12,14-15H,7-9H2,(H,22,23)(H,24,25). The highest BCUT2D eigenvalue weighted by molar-refractivity contribution is 5.96. The summed E-state index contributed by atoms with van der Waals surface area (Å²) in [6.07, 6.45) is -1.16. The molecule has 2 aliphatic rings. The number of hydrogen-bond acceptors (Lipinski definition) is 2. The van der Waals surface area contributed by atoms with Crippen molar-refractivity contribution in [2.45, 2.75) is 25.4 Å². The number of anilines is 1. The van der Waals surface area contributed by atoms with E-state index in [4.69, 9.17) is 0 Å². The molecule has 2 bridgehead atoms. The maximum Gasteiger partial charge on any atom is 0.389 e. The minimum atomic E-state index is -4.28. The van der Waals surface area contributed by atoms with Crippen molar-refractivity contribution in [1.82, 2.24) is 0 Å². The lowest BCUT2D eigenvalue weighted by atomic mass is 9.82. The van der Waals surface area contributed by atoms with Gasteiger partial charge in [0.25, 0.3) is 0 Å². The second-order valence-electron chi connectivity index (χ2n) is 6.60. The number of aryl methyl sites for hydroxylation is 1. The summed E-state index contributed by atoms with van der Waals surface area (Å²) < 4.78 is 37.4. The molecule has 1 saturated carbocycles. The van der Waals surface area contributed by atoms with Gasteiger partial charge in [0.15, 0.2) is 0 Å². The van der Waals surface area contributed by atoms with Crippen LogP contribution in [0.25, 0.3) is 0 Å². The highest BCUT2D eigenvalue weighted by Gasteiger charge is 2.51. The minimum absolute atomic E-state index is 0.131. The van der Waals surface area contributed by atoms with Crippen LogP contribution in [0.2, 0.25) is 0 Å². The number of carboxylic acid groups (broad SMARTS) is 1. The first-order valence-corrected chi connectivity index (χ1v) is 8.13. The quantitative estimate of drug-likeness (QED) is 0.794. The summed E-state index contributed by atoms with van der Waals surface area (Å²) >= 11 is 0. The van der Waals surface area contributed by atoms with E-state index in [-0.39, 0.29) is 18.3 Å². The maximum atomic E-state index is 12.6. The van der Waals surface area contributed by atoms with Gasteiger partial charge in [-0.05, 0) is 36.3 Å². The first-order valence-electron chi connectivity index (χ1n) is 8.13. The molecule has 0 aromatic heterocycles. The van der Waals surface area contributed by atoms with Crippen molar-refractivity contribution in [2.24, 2.45) is 23.7 Å². The zero-order chi connectivity index (χ0) is 18.2. The molecule has 0 radical (unpaired) electrons. The van der Waals surface area contributed by atoms with Gasteiger partial charge in [-0.15, -0.1) is 0 Å². The highest BCUT2D eigenvalue weighted by Crippen LogP contribution is 2.48. The summed E-state index contributed by atoms with van der Waals surface area (Å²) in [7, 11) is 0. The third kappa shape index (κ3) is 3.70. The first-order chi connectivity index (χ1) is 11.8. The maximum absolute atomic E-state index is 12.6. The molecule has 2 N–H and O–H groups in total. The molecule has 0 spiro atoms. The molecule has 25 heavy (non-hydrogen) atoms. The summed E-state index contributed by atoms with van der Waals surface area (Å²) in [5, 5.41) is 12.1. The van der Waals surface area contributed by atoms with Gasteiger partial charge in [-0.3, -0.25) is 9.59 Å². The van der Waals surface area contributed by atoms with E-state index in [2.05, 4.69) is 5.32 Å². The molecule has 134 valence electrons. The number of halogens is 3. The molecule has 0 heterocycles. The van der Waals surface area contributed by atoms with E-state index in [1.54, 1.807) is 18.2 Å². The molecule has 0 saturated heterocycles. The highest BCUT2D eigenvalue weighted by atomic mass is 19.4. The molecule has 3 rings (SSSR count). The Bertz CT molecular complexity index is 714. The average Bonchev–Trinajstić information content (AvgIpc) is 3.14. The first kappa shape index (κ1) is 17.5. The number of amides is 1. The zero-order valence-corrected chi connectivity index (χ0v) is 13.3. The number of carboxylic acids is 1. The molecule has 1 amide bonds. The Balaban J connectivity index is 1.75. The van der Waals surface area contributed by atoms with Gasteiger partial charge in [0.05, 0.1) is 11.8 Å². The monoisotopic (exact) mass is 353 g/mol. The van der Waals surface area contributed by atoms with Crippen LogP contribution in [-0.2, 0) is 16.0 Å². The third-order valence-corrected chi connectivity index (χ3v) is 5.00. The van der Waals surface area contributed by atoms with Crippen molar-refractivity contribution < 1.29 is 27.9 Å². The molecule has 4 unspecified atom stereocenters. The van der Waals surface area contributed by atoms with Crippen LogP contribution < -0.4 is 5.32 Å². The van der Waals surface area contributed by atoms with Crippen molar-refractivity contribution in [3.05, 3.63) is 42.0 Å². The summed E-state index contributed by atoms with van der Waals surface area (Å²) in [6.45, 7) is 0. The predicted molar refractivity (Wildman–Crippen MR) is 84.8 cm³/mol. The van der Waals surface area contributed by atoms with Crippen molar-refractivity contribution in [2.75, 3.05) is 5.32 Å². The van der Waals surface area contributed by atoms with Crippen LogP contribution in [0.15, 0.2) is 36.4 Å². The number of nitrogens with one attached hydrogen (secondary N) is 1. The van der Waals surface area contributed by atoms with Gasteiger partial charge in [0, 0.05) is 12.1 Å². The fourth-order valence-electron chi connectivity index (χ4n) is 3.87. The number of benzene rings is 1. The number of alkyl halides is 3. The second kappa shape index (κ2) is 6.54. The van der Waals surface area contributed by atoms with Gasteiger partial charge in [-0.25, -0.2) is 0 Å². The lowest BCUT2D eigenvalue weighted by molar-refractivity contribution is -0.146. The number of carbonyl (C=O) groups excluding carboxylic acids is 1. The molecule has 1 aromatic rings. The fourth-order valence-corrected chi connectivity index (χ4v) is 3.87. The zero-order valence-electron chi connectivity index (χ0n) is 13.3. The SMILES string of the molecule is O=C(O)C1C2C=CC(C2)C1C(=O)Nc1ccccc1CCC(F)(F)F. The van der Waals surface area contributed by atoms with E-state index in [1.807, 2.05) is 12.2 Å². The molecule has 7 heteroatoms. The Labute approximate surface area is 142 Å². The van der Waals surface area contributed by atoms with Gasteiger partial charge >= 0.3 is 12.1 Å². The number of allylic oxidation sites excluding steroid dienone is 2. The Morgan fingerprint density at radius 1 is 1.12 bits per heavy atom.